The summed E-state index contributed by atoms with van der Waals surface area (Å²) in [4.78, 5) is 10.5. The zero-order chi connectivity index (χ0) is 18.1. The fourth-order valence-electron chi connectivity index (χ4n) is 2.44. The van der Waals surface area contributed by atoms with E-state index in [2.05, 4.69) is 5.10 Å². The second-order valence-electron chi connectivity index (χ2n) is 5.60. The lowest BCUT2D eigenvalue weighted by Gasteiger charge is -2.21. The van der Waals surface area contributed by atoms with Crippen LogP contribution in [0.4, 0.5) is 5.69 Å². The minimum Gasteiger partial charge on any atom is -0.275 e. The number of rotatable bonds is 6. The molecule has 0 amide bonds. The number of aromatic nitrogens is 2. The molecule has 8 nitrogen and oxygen atoms in total. The van der Waals surface area contributed by atoms with E-state index in [0.29, 0.717) is 11.1 Å². The molecule has 1 aromatic carbocycles. The quantitative estimate of drug-likeness (QED) is 0.586. The Morgan fingerprint density at radius 3 is 2.50 bits per heavy atom. The molecular weight excluding hydrogens is 332 g/mol. The van der Waals surface area contributed by atoms with Crippen molar-refractivity contribution in [1.82, 2.24) is 14.1 Å². The van der Waals surface area contributed by atoms with Gasteiger partial charge in [-0.05, 0) is 25.0 Å². The van der Waals surface area contributed by atoms with Crippen LogP contribution < -0.4 is 0 Å². The molecule has 9 heteroatoms. The van der Waals surface area contributed by atoms with Crippen LogP contribution in [0.15, 0.2) is 29.4 Å². The first-order valence-electron chi connectivity index (χ1n) is 7.40. The van der Waals surface area contributed by atoms with E-state index >= 15 is 0 Å². The van der Waals surface area contributed by atoms with Crippen molar-refractivity contribution in [3.05, 3.63) is 51.3 Å². The van der Waals surface area contributed by atoms with Crippen molar-refractivity contribution in [3.63, 3.8) is 0 Å². The van der Waals surface area contributed by atoms with E-state index in [4.69, 9.17) is 0 Å². The average Bonchev–Trinajstić information content (AvgIpc) is 2.92. The zero-order valence-electron chi connectivity index (χ0n) is 14.1. The van der Waals surface area contributed by atoms with Crippen LogP contribution in [0.1, 0.15) is 23.6 Å². The number of hydrogen-bond donors (Lipinski definition) is 0. The van der Waals surface area contributed by atoms with Gasteiger partial charge in [0.25, 0.3) is 5.69 Å². The predicted octanol–water partition coefficient (Wildman–Crippen LogP) is 2.16. The Balaban J connectivity index is 2.49. The van der Waals surface area contributed by atoms with E-state index in [1.807, 2.05) is 0 Å². The first-order valence-corrected chi connectivity index (χ1v) is 8.84. The fourth-order valence-corrected chi connectivity index (χ4v) is 4.20. The monoisotopic (exact) mass is 352 g/mol. The molecule has 0 aliphatic heterocycles. The predicted molar refractivity (Wildman–Crippen MR) is 89.0 cm³/mol. The van der Waals surface area contributed by atoms with Gasteiger partial charge in [-0.2, -0.15) is 9.40 Å². The van der Waals surface area contributed by atoms with E-state index in [-0.39, 0.29) is 23.7 Å². The largest absolute Gasteiger partial charge is 0.275 e. The highest BCUT2D eigenvalue weighted by molar-refractivity contribution is 7.89. The number of aryl methyl sites for hydroxylation is 2. The van der Waals surface area contributed by atoms with Crippen molar-refractivity contribution in [3.8, 4) is 0 Å². The molecule has 0 saturated carbocycles. The molecule has 0 unspecified atom stereocenters. The van der Waals surface area contributed by atoms with E-state index in [0.717, 1.165) is 11.6 Å². The SMILES string of the molecule is CCN(Cc1cnn(C)c1)S(=O)(=O)c1cc([N+](=O)[O-])cc(C)c1C. The van der Waals surface area contributed by atoms with Crippen molar-refractivity contribution < 1.29 is 13.3 Å². The second-order valence-corrected chi connectivity index (χ2v) is 7.50. The number of nitrogens with zero attached hydrogens (tertiary/aromatic N) is 4. The lowest BCUT2D eigenvalue weighted by atomic mass is 10.1. The average molecular weight is 352 g/mol. The molecule has 0 spiro atoms. The molecule has 0 saturated heterocycles. The normalized spacial score (nSPS) is 11.9. The molecule has 2 rings (SSSR count). The molecule has 0 aliphatic rings. The standard InChI is InChI=1S/C15H20N4O4S/c1-5-18(10-13-8-16-17(4)9-13)24(22,23)15-7-14(19(20)21)6-11(2)12(15)3/h6-9H,5,10H2,1-4H3. The molecule has 0 bridgehead atoms. The van der Waals surface area contributed by atoms with Gasteiger partial charge in [-0.3, -0.25) is 14.8 Å². The van der Waals surface area contributed by atoms with Gasteiger partial charge in [0.15, 0.2) is 0 Å². The van der Waals surface area contributed by atoms with Crippen LogP contribution in [0, 0.1) is 24.0 Å². The lowest BCUT2D eigenvalue weighted by Crippen LogP contribution is -2.31. The van der Waals surface area contributed by atoms with Gasteiger partial charge in [-0.15, -0.1) is 0 Å². The maximum Gasteiger partial charge on any atom is 0.271 e. The van der Waals surface area contributed by atoms with Crippen molar-refractivity contribution in [2.45, 2.75) is 32.2 Å². The molecular formula is C15H20N4O4S. The summed E-state index contributed by atoms with van der Waals surface area (Å²) in [5, 5.41) is 15.1. The summed E-state index contributed by atoms with van der Waals surface area (Å²) in [5.41, 5.74) is 1.61. The van der Waals surface area contributed by atoms with Gasteiger partial charge < -0.3 is 0 Å². The summed E-state index contributed by atoms with van der Waals surface area (Å²) < 4.78 is 28.9. The third kappa shape index (κ3) is 3.46. The van der Waals surface area contributed by atoms with Crippen LogP contribution in [-0.4, -0.2) is 34.0 Å². The molecule has 0 atom stereocenters. The van der Waals surface area contributed by atoms with Crippen molar-refractivity contribution >= 4 is 15.7 Å². The van der Waals surface area contributed by atoms with Crippen LogP contribution in [0.2, 0.25) is 0 Å². The highest BCUT2D eigenvalue weighted by Gasteiger charge is 2.28. The first-order chi connectivity index (χ1) is 11.2. The Kier molecular flexibility index (Phi) is 5.05. The Morgan fingerprint density at radius 2 is 2.00 bits per heavy atom. The summed E-state index contributed by atoms with van der Waals surface area (Å²) in [6.45, 7) is 5.46. The van der Waals surface area contributed by atoms with Crippen LogP contribution in [-0.2, 0) is 23.6 Å². The van der Waals surface area contributed by atoms with Gasteiger partial charge in [-0.25, -0.2) is 8.42 Å². The maximum absolute atomic E-state index is 13.0. The zero-order valence-corrected chi connectivity index (χ0v) is 14.9. The maximum atomic E-state index is 13.0. The summed E-state index contributed by atoms with van der Waals surface area (Å²) in [6, 6.07) is 2.51. The van der Waals surface area contributed by atoms with E-state index in [1.54, 1.807) is 44.9 Å². The van der Waals surface area contributed by atoms with E-state index < -0.39 is 14.9 Å². The van der Waals surface area contributed by atoms with Crippen LogP contribution in [0.3, 0.4) is 0 Å². The van der Waals surface area contributed by atoms with Crippen molar-refractivity contribution in [2.24, 2.45) is 7.05 Å². The molecule has 130 valence electrons. The van der Waals surface area contributed by atoms with Gasteiger partial charge in [-0.1, -0.05) is 6.92 Å². The van der Waals surface area contributed by atoms with Gasteiger partial charge in [0.1, 0.15) is 0 Å². The number of nitro benzene ring substituents is 1. The molecule has 0 aliphatic carbocycles. The number of hydrogen-bond acceptors (Lipinski definition) is 5. The molecule has 0 fully saturated rings. The highest BCUT2D eigenvalue weighted by atomic mass is 32.2. The fraction of sp³-hybridized carbons (Fsp3) is 0.400. The molecule has 0 radical (unpaired) electrons. The molecule has 24 heavy (non-hydrogen) atoms. The van der Waals surface area contributed by atoms with Crippen molar-refractivity contribution in [1.29, 1.82) is 0 Å². The summed E-state index contributed by atoms with van der Waals surface area (Å²) in [7, 11) is -2.11. The van der Waals surface area contributed by atoms with Gasteiger partial charge in [0.2, 0.25) is 10.0 Å². The number of sulfonamides is 1. The van der Waals surface area contributed by atoms with Gasteiger partial charge >= 0.3 is 0 Å². The van der Waals surface area contributed by atoms with Crippen LogP contribution in [0.25, 0.3) is 0 Å². The topological polar surface area (TPSA) is 98.3 Å². The van der Waals surface area contributed by atoms with Crippen LogP contribution in [0.5, 0.6) is 0 Å². The Morgan fingerprint density at radius 1 is 1.33 bits per heavy atom. The third-order valence-corrected chi connectivity index (χ3v) is 5.95. The molecule has 0 N–H and O–H groups in total. The number of non-ortho nitro benzene ring substituents is 1. The number of benzene rings is 1. The lowest BCUT2D eigenvalue weighted by molar-refractivity contribution is -0.385. The molecule has 1 heterocycles. The van der Waals surface area contributed by atoms with Gasteiger partial charge in [0, 0.05) is 44.0 Å². The Labute approximate surface area is 140 Å². The summed E-state index contributed by atoms with van der Waals surface area (Å²) >= 11 is 0. The smallest absolute Gasteiger partial charge is 0.271 e. The molecule has 2 aromatic rings. The minimum atomic E-state index is -3.86. The van der Waals surface area contributed by atoms with E-state index in [9.17, 15) is 18.5 Å². The third-order valence-electron chi connectivity index (χ3n) is 3.90. The van der Waals surface area contributed by atoms with E-state index in [1.165, 1.54) is 10.4 Å². The Bertz CT molecular complexity index is 874. The number of nitro groups is 1. The first kappa shape index (κ1) is 18.1. The van der Waals surface area contributed by atoms with Crippen LogP contribution >= 0.6 is 0 Å². The van der Waals surface area contributed by atoms with Gasteiger partial charge in [0.05, 0.1) is 16.0 Å². The molecule has 1 aromatic heterocycles. The Hall–Kier alpha value is -2.26. The van der Waals surface area contributed by atoms with Crippen molar-refractivity contribution in [2.75, 3.05) is 6.54 Å². The second kappa shape index (κ2) is 6.70. The minimum absolute atomic E-state index is 0.0278. The summed E-state index contributed by atoms with van der Waals surface area (Å²) in [6.07, 6.45) is 3.34. The highest BCUT2D eigenvalue weighted by Crippen LogP contribution is 2.28. The summed E-state index contributed by atoms with van der Waals surface area (Å²) in [5.74, 6) is 0.